The minimum Gasteiger partial charge on any atom is -0.438 e. The summed E-state index contributed by atoms with van der Waals surface area (Å²) in [6.45, 7) is 1.92. The van der Waals surface area contributed by atoms with Gasteiger partial charge in [0.1, 0.15) is 5.75 Å². The van der Waals surface area contributed by atoms with Crippen molar-refractivity contribution in [1.29, 1.82) is 0 Å². The second kappa shape index (κ2) is 5.63. The first-order valence-electron chi connectivity index (χ1n) is 5.24. The van der Waals surface area contributed by atoms with Gasteiger partial charge in [0.15, 0.2) is 0 Å². The van der Waals surface area contributed by atoms with Crippen molar-refractivity contribution in [2.75, 3.05) is 0 Å². The maximum atomic E-state index is 5.93. The fraction of sp³-hybridized carbons (Fsp3) is 0.250. The maximum Gasteiger partial charge on any atom is 0.222 e. The predicted octanol–water partition coefficient (Wildman–Crippen LogP) is 4.78. The van der Waals surface area contributed by atoms with Crippen LogP contribution in [0.2, 0.25) is 0 Å². The molecular weight excluding hydrogens is 383 g/mol. The molecule has 0 aliphatic heterocycles. The molecule has 1 aromatic heterocycles. The number of halogens is 3. The Balaban J connectivity index is 2.39. The van der Waals surface area contributed by atoms with E-state index in [4.69, 9.17) is 16.3 Å². The van der Waals surface area contributed by atoms with Crippen LogP contribution in [0.25, 0.3) is 0 Å². The molecule has 0 saturated heterocycles. The lowest BCUT2D eigenvalue weighted by Gasteiger charge is -2.09. The number of aromatic nitrogens is 2. The number of rotatable bonds is 3. The average molecular weight is 394 g/mol. The average Bonchev–Trinajstić information content (AvgIpc) is 2.57. The third kappa shape index (κ3) is 2.73. The summed E-state index contributed by atoms with van der Waals surface area (Å²) in [7, 11) is 1.84. The maximum absolute atomic E-state index is 5.93. The highest BCUT2D eigenvalue weighted by atomic mass is 79.9. The molecule has 0 fully saturated rings. The summed E-state index contributed by atoms with van der Waals surface area (Å²) in [5.41, 5.74) is 1.80. The molecule has 2 aromatic rings. The Labute approximate surface area is 127 Å². The lowest BCUT2D eigenvalue weighted by atomic mass is 10.3. The normalized spacial score (nSPS) is 10.7. The molecule has 6 heteroatoms. The summed E-state index contributed by atoms with van der Waals surface area (Å²) in [5.74, 6) is 1.78. The van der Waals surface area contributed by atoms with Gasteiger partial charge in [-0.1, -0.05) is 15.9 Å². The van der Waals surface area contributed by atoms with E-state index in [1.807, 2.05) is 32.2 Å². The molecular formula is C12H11Br2ClN2O. The van der Waals surface area contributed by atoms with Gasteiger partial charge in [0, 0.05) is 11.5 Å². The van der Waals surface area contributed by atoms with Gasteiger partial charge in [-0.3, -0.25) is 0 Å². The van der Waals surface area contributed by atoms with E-state index in [1.54, 1.807) is 4.68 Å². The molecule has 0 bridgehead atoms. The van der Waals surface area contributed by atoms with E-state index in [0.29, 0.717) is 11.8 Å². The summed E-state index contributed by atoms with van der Waals surface area (Å²) in [6, 6.07) is 5.73. The lowest BCUT2D eigenvalue weighted by Crippen LogP contribution is -1.97. The second-order valence-corrected chi connectivity index (χ2v) is 5.84. The zero-order valence-corrected chi connectivity index (χ0v) is 13.8. The third-order valence-electron chi connectivity index (χ3n) is 2.52. The van der Waals surface area contributed by atoms with Gasteiger partial charge >= 0.3 is 0 Å². The largest absolute Gasteiger partial charge is 0.438 e. The van der Waals surface area contributed by atoms with E-state index in [-0.39, 0.29) is 0 Å². The number of hydrogen-bond donors (Lipinski definition) is 0. The third-order valence-corrected chi connectivity index (χ3v) is 3.90. The molecule has 0 spiro atoms. The van der Waals surface area contributed by atoms with Crippen molar-refractivity contribution in [3.63, 3.8) is 0 Å². The first-order valence-corrected chi connectivity index (χ1v) is 7.36. The molecule has 2 rings (SSSR count). The van der Waals surface area contributed by atoms with Crippen molar-refractivity contribution in [2.45, 2.75) is 12.8 Å². The molecule has 0 amide bonds. The van der Waals surface area contributed by atoms with E-state index in [1.165, 1.54) is 0 Å². The van der Waals surface area contributed by atoms with Crippen LogP contribution in [-0.4, -0.2) is 9.78 Å². The fourth-order valence-electron chi connectivity index (χ4n) is 1.62. The van der Waals surface area contributed by atoms with Crippen LogP contribution in [0.15, 0.2) is 27.1 Å². The van der Waals surface area contributed by atoms with Crippen molar-refractivity contribution >= 4 is 43.5 Å². The fourth-order valence-corrected chi connectivity index (χ4v) is 3.06. The Kier molecular flexibility index (Phi) is 4.35. The highest BCUT2D eigenvalue weighted by molar-refractivity contribution is 9.11. The van der Waals surface area contributed by atoms with Crippen LogP contribution in [0.4, 0.5) is 0 Å². The van der Waals surface area contributed by atoms with E-state index >= 15 is 0 Å². The van der Waals surface area contributed by atoms with Gasteiger partial charge in [0.2, 0.25) is 5.88 Å². The Hall–Kier alpha value is -0.520. The van der Waals surface area contributed by atoms with Crippen LogP contribution in [0.1, 0.15) is 11.3 Å². The van der Waals surface area contributed by atoms with Gasteiger partial charge in [-0.25, -0.2) is 4.68 Å². The van der Waals surface area contributed by atoms with E-state index in [2.05, 4.69) is 37.0 Å². The number of alkyl halides is 1. The van der Waals surface area contributed by atoms with E-state index in [0.717, 1.165) is 26.0 Å². The van der Waals surface area contributed by atoms with Crippen LogP contribution in [0.3, 0.4) is 0 Å². The molecule has 1 aromatic carbocycles. The van der Waals surface area contributed by atoms with Crippen LogP contribution in [0, 0.1) is 6.92 Å². The lowest BCUT2D eigenvalue weighted by molar-refractivity contribution is 0.425. The van der Waals surface area contributed by atoms with Crippen molar-refractivity contribution in [3.05, 3.63) is 38.4 Å². The van der Waals surface area contributed by atoms with Crippen LogP contribution in [0.5, 0.6) is 11.6 Å². The number of benzene rings is 1. The summed E-state index contributed by atoms with van der Waals surface area (Å²) in [4.78, 5) is 0. The minimum atomic E-state index is 0.378. The predicted molar refractivity (Wildman–Crippen MR) is 79.4 cm³/mol. The first-order chi connectivity index (χ1) is 8.52. The Morgan fingerprint density at radius 3 is 2.72 bits per heavy atom. The highest BCUT2D eigenvalue weighted by Crippen LogP contribution is 2.34. The smallest absolute Gasteiger partial charge is 0.222 e. The highest BCUT2D eigenvalue weighted by Gasteiger charge is 2.15. The van der Waals surface area contributed by atoms with Gasteiger partial charge < -0.3 is 4.74 Å². The van der Waals surface area contributed by atoms with Gasteiger partial charge in [-0.05, 0) is 41.1 Å². The molecule has 0 radical (unpaired) electrons. The van der Waals surface area contributed by atoms with Crippen molar-refractivity contribution < 1.29 is 4.74 Å². The van der Waals surface area contributed by atoms with Crippen molar-refractivity contribution in [2.24, 2.45) is 7.05 Å². The first kappa shape index (κ1) is 13.9. The molecule has 0 atom stereocenters. The topological polar surface area (TPSA) is 27.1 Å². The molecule has 3 nitrogen and oxygen atoms in total. The molecule has 0 unspecified atom stereocenters. The summed E-state index contributed by atoms with van der Waals surface area (Å²) in [5, 5.41) is 4.31. The molecule has 0 N–H and O–H groups in total. The number of aryl methyl sites for hydroxylation is 2. The Bertz CT molecular complexity index is 584. The second-order valence-electron chi connectivity index (χ2n) is 3.80. The quantitative estimate of drug-likeness (QED) is 0.700. The van der Waals surface area contributed by atoms with Crippen LogP contribution >= 0.6 is 43.5 Å². The zero-order chi connectivity index (χ0) is 13.3. The number of nitrogens with zero attached hydrogens (tertiary/aromatic N) is 2. The molecule has 96 valence electrons. The Morgan fingerprint density at radius 1 is 1.39 bits per heavy atom. The van der Waals surface area contributed by atoms with Gasteiger partial charge in [0.25, 0.3) is 0 Å². The SMILES string of the molecule is Cc1nn(C)c(Oc2ccc(Br)cc2Br)c1CCl. The van der Waals surface area contributed by atoms with Crippen LogP contribution < -0.4 is 4.74 Å². The summed E-state index contributed by atoms with van der Waals surface area (Å²) >= 11 is 12.8. The van der Waals surface area contributed by atoms with Gasteiger partial charge in [0.05, 0.1) is 21.6 Å². The van der Waals surface area contributed by atoms with Gasteiger partial charge in [-0.2, -0.15) is 5.10 Å². The molecule has 0 aliphatic rings. The monoisotopic (exact) mass is 392 g/mol. The van der Waals surface area contributed by atoms with E-state index in [9.17, 15) is 0 Å². The summed E-state index contributed by atoms with van der Waals surface area (Å²) < 4.78 is 9.44. The van der Waals surface area contributed by atoms with Crippen molar-refractivity contribution in [1.82, 2.24) is 9.78 Å². The number of hydrogen-bond acceptors (Lipinski definition) is 2. The molecule has 0 saturated carbocycles. The number of ether oxygens (including phenoxy) is 1. The summed E-state index contributed by atoms with van der Waals surface area (Å²) in [6.07, 6.45) is 0. The van der Waals surface area contributed by atoms with E-state index < -0.39 is 0 Å². The minimum absolute atomic E-state index is 0.378. The Morgan fingerprint density at radius 2 is 2.11 bits per heavy atom. The van der Waals surface area contributed by atoms with Gasteiger partial charge in [-0.15, -0.1) is 11.6 Å². The molecule has 1 heterocycles. The molecule has 0 aliphatic carbocycles. The van der Waals surface area contributed by atoms with Crippen molar-refractivity contribution in [3.8, 4) is 11.6 Å². The standard InChI is InChI=1S/C12H11Br2ClN2O/c1-7-9(6-15)12(17(2)16-7)18-11-4-3-8(13)5-10(11)14/h3-5H,6H2,1-2H3. The zero-order valence-electron chi connectivity index (χ0n) is 9.88. The molecule has 18 heavy (non-hydrogen) atoms. The van der Waals surface area contributed by atoms with Crippen LogP contribution in [-0.2, 0) is 12.9 Å².